The number of benzene rings is 8. The molecule has 0 atom stereocenters. The highest BCUT2D eigenvalue weighted by molar-refractivity contribution is 6.12. The van der Waals surface area contributed by atoms with Crippen LogP contribution in [0.1, 0.15) is 0 Å². The van der Waals surface area contributed by atoms with Crippen LogP contribution >= 0.6 is 0 Å². The lowest BCUT2D eigenvalue weighted by atomic mass is 9.89. The van der Waals surface area contributed by atoms with E-state index in [-0.39, 0.29) is 25.1 Å². The Bertz CT molecular complexity index is 2560. The smallest absolute Gasteiger partial charge is 0.188 e. The van der Waals surface area contributed by atoms with Crippen molar-refractivity contribution < 1.29 is 29.2 Å². The van der Waals surface area contributed by atoms with E-state index in [9.17, 15) is 10.2 Å². The number of hydrogen-bond donors (Lipinski definition) is 2. The van der Waals surface area contributed by atoms with E-state index >= 15 is 0 Å². The minimum absolute atomic E-state index is 0.0980. The topological polar surface area (TPSA) is 77.4 Å². The molecule has 8 rings (SSSR count). The fourth-order valence-electron chi connectivity index (χ4n) is 7.03. The average Bonchev–Trinajstić information content (AvgIpc) is 3.16. The van der Waals surface area contributed by atoms with Gasteiger partial charge in [-0.3, -0.25) is 0 Å². The van der Waals surface area contributed by atoms with E-state index in [0.717, 1.165) is 65.3 Å². The minimum Gasteiger partial charge on any atom is -0.507 e. The summed E-state index contributed by atoms with van der Waals surface area (Å²) in [5.41, 5.74) is 5.10. The van der Waals surface area contributed by atoms with Gasteiger partial charge in [-0.15, -0.1) is 0 Å². The number of aromatic hydroxyl groups is 2. The molecule has 8 aromatic rings. The third-order valence-electron chi connectivity index (χ3n) is 9.28. The van der Waals surface area contributed by atoms with Crippen LogP contribution in [0.5, 0.6) is 23.0 Å². The maximum atomic E-state index is 11.1. The zero-order valence-corrected chi connectivity index (χ0v) is 27.6. The molecule has 0 heterocycles. The molecule has 0 unspecified atom stereocenters. The highest BCUT2D eigenvalue weighted by atomic mass is 16.7. The number of rotatable bonds is 9. The van der Waals surface area contributed by atoms with Gasteiger partial charge < -0.3 is 29.2 Å². The number of hydrogen-bond acceptors (Lipinski definition) is 6. The normalized spacial score (nSPS) is 11.5. The zero-order chi connectivity index (χ0) is 34.2. The zero-order valence-electron chi connectivity index (χ0n) is 27.6. The molecule has 6 nitrogen and oxygen atoms in total. The fraction of sp³-hybridized carbons (Fsp3) is 0.0909. The Morgan fingerprint density at radius 3 is 1.32 bits per heavy atom. The van der Waals surface area contributed by atoms with Gasteiger partial charge in [0.2, 0.25) is 0 Å². The Morgan fingerprint density at radius 2 is 0.800 bits per heavy atom. The summed E-state index contributed by atoms with van der Waals surface area (Å²) < 4.78 is 22.9. The highest BCUT2D eigenvalue weighted by Gasteiger charge is 2.21. The van der Waals surface area contributed by atoms with Crippen LogP contribution in [0, 0.1) is 0 Å². The van der Waals surface area contributed by atoms with Gasteiger partial charge in [-0.25, -0.2) is 0 Å². The molecule has 2 N–H and O–H groups in total. The highest BCUT2D eigenvalue weighted by Crippen LogP contribution is 2.47. The van der Waals surface area contributed by atoms with Crippen LogP contribution in [-0.4, -0.2) is 38.0 Å². The Balaban J connectivity index is 1.29. The van der Waals surface area contributed by atoms with Crippen LogP contribution in [-0.2, 0) is 9.47 Å². The maximum Gasteiger partial charge on any atom is 0.188 e. The summed E-state index contributed by atoms with van der Waals surface area (Å²) in [4.78, 5) is 0. The molecule has 0 saturated heterocycles. The molecular formula is C44H34O6. The van der Waals surface area contributed by atoms with Gasteiger partial charge in [0.15, 0.2) is 13.6 Å². The molecule has 0 aliphatic rings. The van der Waals surface area contributed by atoms with E-state index in [0.29, 0.717) is 22.6 Å². The molecule has 6 heteroatoms. The Kier molecular flexibility index (Phi) is 8.17. The van der Waals surface area contributed by atoms with Crippen LogP contribution in [0.2, 0.25) is 0 Å². The molecule has 0 bridgehead atoms. The second kappa shape index (κ2) is 13.1. The van der Waals surface area contributed by atoms with Crippen molar-refractivity contribution in [1.29, 1.82) is 0 Å². The summed E-state index contributed by atoms with van der Waals surface area (Å²) in [6, 6.07) is 44.0. The molecule has 0 fully saturated rings. The second-order valence-electron chi connectivity index (χ2n) is 12.2. The Labute approximate surface area is 289 Å². The second-order valence-corrected chi connectivity index (χ2v) is 12.2. The summed E-state index contributed by atoms with van der Waals surface area (Å²) in [7, 11) is 3.22. The van der Waals surface area contributed by atoms with Gasteiger partial charge in [-0.1, -0.05) is 97.1 Å². The summed E-state index contributed by atoms with van der Waals surface area (Å²) in [5, 5.41) is 30.0. The van der Waals surface area contributed by atoms with Gasteiger partial charge in [0, 0.05) is 36.5 Å². The molecule has 246 valence electrons. The number of methoxy groups -OCH3 is 2. The van der Waals surface area contributed by atoms with Crippen LogP contribution in [0.15, 0.2) is 133 Å². The molecule has 0 aliphatic heterocycles. The first-order chi connectivity index (χ1) is 24.6. The molecule has 0 aromatic heterocycles. The van der Waals surface area contributed by atoms with Gasteiger partial charge in [-0.2, -0.15) is 0 Å². The standard InChI is InChI=1S/C44H34O6/c1-47-25-49-39-21-15-28-8-4-6-10-34(28)43(39)44-36-18-12-30(24-32(36)16-22-40(44)50-26-48-2)29-11-17-35-31(23-29)14-20-38(46)42(35)41-33-9-5-3-7-27(33)13-19-37(41)45/h3-24,45-46H,25-26H2,1-2H3. The molecule has 0 spiro atoms. The van der Waals surface area contributed by atoms with Crippen LogP contribution < -0.4 is 9.47 Å². The van der Waals surface area contributed by atoms with Gasteiger partial charge in [0.25, 0.3) is 0 Å². The maximum absolute atomic E-state index is 11.1. The predicted molar refractivity (Wildman–Crippen MR) is 201 cm³/mol. The van der Waals surface area contributed by atoms with Gasteiger partial charge in [0.1, 0.15) is 23.0 Å². The SMILES string of the molecule is COCOc1ccc2ccccc2c1-c1c(OCOC)ccc2cc(-c3ccc4c(-c5c(O)ccc6ccccc56)c(O)ccc4c3)ccc12. The van der Waals surface area contributed by atoms with Crippen LogP contribution in [0.4, 0.5) is 0 Å². The van der Waals surface area contributed by atoms with Crippen molar-refractivity contribution in [2.24, 2.45) is 0 Å². The largest absolute Gasteiger partial charge is 0.507 e. The summed E-state index contributed by atoms with van der Waals surface area (Å²) in [5.74, 6) is 1.61. The van der Waals surface area contributed by atoms with E-state index in [4.69, 9.17) is 18.9 Å². The van der Waals surface area contributed by atoms with Gasteiger partial charge in [0.05, 0.1) is 0 Å². The number of phenols is 2. The van der Waals surface area contributed by atoms with Gasteiger partial charge >= 0.3 is 0 Å². The number of ether oxygens (including phenoxy) is 4. The minimum atomic E-state index is 0.0980. The molecule has 0 aliphatic carbocycles. The first kappa shape index (κ1) is 31.2. The van der Waals surface area contributed by atoms with Crippen molar-refractivity contribution >= 4 is 43.1 Å². The fourth-order valence-corrected chi connectivity index (χ4v) is 7.03. The quantitative estimate of drug-likeness (QED) is 0.150. The molecule has 0 radical (unpaired) electrons. The van der Waals surface area contributed by atoms with Crippen molar-refractivity contribution in [2.75, 3.05) is 27.8 Å². The van der Waals surface area contributed by atoms with E-state index in [2.05, 4.69) is 54.6 Å². The third-order valence-corrected chi connectivity index (χ3v) is 9.28. The summed E-state index contributed by atoms with van der Waals surface area (Å²) in [6.45, 7) is 0.205. The Morgan fingerprint density at radius 1 is 0.400 bits per heavy atom. The third kappa shape index (κ3) is 5.41. The summed E-state index contributed by atoms with van der Waals surface area (Å²) in [6.07, 6.45) is 0. The first-order valence-corrected chi connectivity index (χ1v) is 16.4. The predicted octanol–water partition coefficient (Wildman–Crippen LogP) is 10.7. The lowest BCUT2D eigenvalue weighted by molar-refractivity contribution is 0.0502. The lowest BCUT2D eigenvalue weighted by Gasteiger charge is -2.20. The Hall–Kier alpha value is -6.08. The van der Waals surface area contributed by atoms with Crippen molar-refractivity contribution in [3.05, 3.63) is 133 Å². The van der Waals surface area contributed by atoms with Crippen molar-refractivity contribution in [3.63, 3.8) is 0 Å². The van der Waals surface area contributed by atoms with E-state index in [1.54, 1.807) is 26.4 Å². The van der Waals surface area contributed by atoms with Crippen molar-refractivity contribution in [3.8, 4) is 56.4 Å². The van der Waals surface area contributed by atoms with Crippen LogP contribution in [0.3, 0.4) is 0 Å². The first-order valence-electron chi connectivity index (χ1n) is 16.4. The molecule has 50 heavy (non-hydrogen) atoms. The molecule has 0 saturated carbocycles. The van der Waals surface area contributed by atoms with E-state index in [1.165, 1.54) is 0 Å². The van der Waals surface area contributed by atoms with Crippen LogP contribution in [0.25, 0.3) is 76.5 Å². The van der Waals surface area contributed by atoms with E-state index in [1.807, 2.05) is 66.7 Å². The molecule has 8 aromatic carbocycles. The molecule has 0 amide bonds. The number of phenolic OH excluding ortho intramolecular Hbond substituents is 2. The number of fused-ring (bicyclic) bond motifs is 4. The van der Waals surface area contributed by atoms with E-state index < -0.39 is 0 Å². The summed E-state index contributed by atoms with van der Waals surface area (Å²) >= 11 is 0. The van der Waals surface area contributed by atoms with Gasteiger partial charge in [-0.05, 0) is 90.6 Å². The average molecular weight is 659 g/mol. The lowest BCUT2D eigenvalue weighted by Crippen LogP contribution is -2.03. The molecular weight excluding hydrogens is 624 g/mol. The van der Waals surface area contributed by atoms with Crippen molar-refractivity contribution in [2.45, 2.75) is 0 Å². The van der Waals surface area contributed by atoms with Crippen molar-refractivity contribution in [1.82, 2.24) is 0 Å². The monoisotopic (exact) mass is 658 g/mol.